The number of furan rings is 3. The largest absolute Gasteiger partial charge is 0.469 e. The summed E-state index contributed by atoms with van der Waals surface area (Å²) in [5, 5.41) is 3.21. The number of halogens is 3. The summed E-state index contributed by atoms with van der Waals surface area (Å²) >= 11 is 0.421. The van der Waals surface area contributed by atoms with Crippen molar-refractivity contribution >= 4 is 125 Å². The Morgan fingerprint density at radius 2 is 0.709 bits per heavy atom. The van der Waals surface area contributed by atoms with Gasteiger partial charge in [-0.15, -0.1) is 11.3 Å². The molecule has 134 heavy (non-hydrogen) atoms. The number of esters is 4. The van der Waals surface area contributed by atoms with E-state index >= 15 is 0 Å². The first-order valence-corrected chi connectivity index (χ1v) is 46.2. The number of benzene rings is 4. The van der Waals surface area contributed by atoms with E-state index in [4.69, 9.17) is 32.2 Å². The van der Waals surface area contributed by atoms with Gasteiger partial charge in [0.2, 0.25) is 0 Å². The molecule has 0 radical (unpaired) electrons. The van der Waals surface area contributed by atoms with Crippen molar-refractivity contribution in [2.45, 2.75) is 98.8 Å². The molecule has 35 heteroatoms. The number of hydrogen-bond acceptors (Lipinski definition) is 24. The molecule has 0 bridgehead atoms. The highest BCUT2D eigenvalue weighted by atomic mass is 32.1. The van der Waals surface area contributed by atoms with Crippen LogP contribution in [0.4, 0.5) is 35.9 Å². The average Bonchev–Trinajstić information content (AvgIpc) is 1.29. The molecule has 0 unspecified atom stereocenters. The van der Waals surface area contributed by atoms with Gasteiger partial charge in [-0.05, 0) is 139 Å². The minimum absolute atomic E-state index is 0.0204. The number of para-hydroxylation sites is 4. The lowest BCUT2D eigenvalue weighted by molar-refractivity contribution is -0.134. The number of aryl methyl sites for hydroxylation is 3. The van der Waals surface area contributed by atoms with Crippen molar-refractivity contribution in [1.29, 1.82) is 0 Å². The monoisotopic (exact) mass is 1860 g/mol. The molecule has 4 amide bonds. The fourth-order valence-electron chi connectivity index (χ4n) is 18.3. The maximum atomic E-state index is 13.9. The summed E-state index contributed by atoms with van der Waals surface area (Å²) < 4.78 is 82.0. The van der Waals surface area contributed by atoms with Crippen molar-refractivity contribution in [2.75, 3.05) is 151 Å². The fourth-order valence-corrected chi connectivity index (χ4v) is 19.1. The van der Waals surface area contributed by atoms with Crippen LogP contribution in [0.3, 0.4) is 0 Å². The third-order valence-electron chi connectivity index (χ3n) is 25.1. The highest BCUT2D eigenvalue weighted by molar-refractivity contribution is 7.14. The van der Waals surface area contributed by atoms with Crippen LogP contribution in [0.1, 0.15) is 166 Å². The minimum Gasteiger partial charge on any atom is -0.469 e. The number of piperazine rings is 4. The molecule has 2 aliphatic carbocycles. The van der Waals surface area contributed by atoms with E-state index < -0.39 is 46.4 Å². The number of anilines is 4. The lowest BCUT2D eigenvalue weighted by Gasteiger charge is -2.37. The first-order chi connectivity index (χ1) is 64.7. The Kier molecular flexibility index (Phi) is 29.6. The Morgan fingerprint density at radius 3 is 1.03 bits per heavy atom. The normalized spacial score (nSPS) is 15.5. The van der Waals surface area contributed by atoms with Crippen molar-refractivity contribution in [3.05, 3.63) is 255 Å². The van der Waals surface area contributed by atoms with Gasteiger partial charge in [0.25, 0.3) is 45.9 Å². The van der Waals surface area contributed by atoms with Gasteiger partial charge in [-0.1, -0.05) is 92.1 Å². The van der Waals surface area contributed by atoms with Crippen LogP contribution in [0.5, 0.6) is 0 Å². The zero-order chi connectivity index (χ0) is 94.8. The summed E-state index contributed by atoms with van der Waals surface area (Å²) in [6, 6.07) is 40.8. The van der Waals surface area contributed by atoms with Gasteiger partial charge in [0.1, 0.15) is 39.2 Å². The van der Waals surface area contributed by atoms with Crippen LogP contribution in [0, 0.1) is 18.8 Å². The predicted octanol–water partition coefficient (Wildman–Crippen LogP) is 13.8. The van der Waals surface area contributed by atoms with E-state index in [9.17, 15) is 70.7 Å². The first-order valence-electron chi connectivity index (χ1n) is 45.4. The second-order valence-corrected chi connectivity index (χ2v) is 34.6. The standard InChI is InChI=1S/C28H33N3O5.C25H27N3O5.C23H22F3N3O4S.C23H25N3O5/c1-2-35-28(34)24-25(29-14-16-30(17-15-29)26(32)23-13-8-18-36-23)21-11-6-7-12-22(21)31(27(24)33)19-20-9-4-3-5-10-20;1-2-32-25(31)21-22(26-11-13-27(14-12-26)23(29)20-8-5-15-33-20)18-6-3-4-7-19(18)28(24(21)30)16-17-9-10-17;1-3-33-22(32)18-19(14-6-4-5-7-15(14)27(2)21(18)31)28-10-12-29(13-11-28)20(30)16-8-9-17(34-16)23(24,25)26;1-4-30-23(29)19-20(17-7-5-6-8-18(17)24(3)22(19)28)25-9-11-26(12-10-25)21(27)16-13-15(2)31-14-16/h6-8,11-13,18,20H,2-5,9-10,14-17,19H2,1H3;3-8,15,17H,2,9-14,16H2,1H3;4-9H,3,10-13H2,1-2H3;5-8,13-14H,4,9-12H2,1-3H3. The Balaban J connectivity index is 0.000000136. The van der Waals surface area contributed by atoms with Gasteiger partial charge in [-0.3, -0.25) is 38.4 Å². The molecule has 31 nitrogen and oxygen atoms in total. The highest BCUT2D eigenvalue weighted by Crippen LogP contribution is 2.40. The highest BCUT2D eigenvalue weighted by Gasteiger charge is 2.39. The van der Waals surface area contributed by atoms with E-state index in [0.29, 0.717) is 184 Å². The van der Waals surface area contributed by atoms with E-state index in [1.807, 2.05) is 98.5 Å². The number of pyridine rings is 4. The van der Waals surface area contributed by atoms with E-state index in [1.165, 1.54) is 58.2 Å². The quantitative estimate of drug-likeness (QED) is 0.0505. The van der Waals surface area contributed by atoms with Crippen LogP contribution in [-0.4, -0.2) is 217 Å². The van der Waals surface area contributed by atoms with Crippen LogP contribution in [0.25, 0.3) is 43.6 Å². The number of fused-ring (bicyclic) bond motifs is 4. The van der Waals surface area contributed by atoms with E-state index in [0.717, 1.165) is 64.5 Å². The van der Waals surface area contributed by atoms with Crippen LogP contribution in [0.2, 0.25) is 0 Å². The van der Waals surface area contributed by atoms with Crippen molar-refractivity contribution in [3.63, 3.8) is 0 Å². The molecule has 18 rings (SSSR count). The minimum atomic E-state index is -4.49. The molecular weight excluding hydrogens is 1750 g/mol. The second kappa shape index (κ2) is 41.8. The number of thiophene rings is 1. The number of hydrogen-bond donors (Lipinski definition) is 0. The Morgan fingerprint density at radius 1 is 0.381 bits per heavy atom. The first kappa shape index (κ1) is 94.6. The third kappa shape index (κ3) is 20.2. The van der Waals surface area contributed by atoms with Crippen molar-refractivity contribution in [2.24, 2.45) is 25.9 Å². The molecule has 4 saturated heterocycles. The van der Waals surface area contributed by atoms with Gasteiger partial charge in [-0.2, -0.15) is 13.2 Å². The summed E-state index contributed by atoms with van der Waals surface area (Å²) in [5.41, 5.74) is 4.48. The maximum Gasteiger partial charge on any atom is 0.425 e. The Labute approximate surface area is 772 Å². The Hall–Kier alpha value is -14.0. The molecule has 12 aromatic rings. The smallest absolute Gasteiger partial charge is 0.425 e. The van der Waals surface area contributed by atoms with Crippen LogP contribution in [-0.2, 0) is 52.3 Å². The molecule has 0 spiro atoms. The van der Waals surface area contributed by atoms with E-state index in [1.54, 1.807) is 121 Å². The summed E-state index contributed by atoms with van der Waals surface area (Å²) in [7, 11) is 3.24. The van der Waals surface area contributed by atoms with Gasteiger partial charge in [0, 0.05) is 153 Å². The number of aromatic nitrogens is 4. The summed E-state index contributed by atoms with van der Waals surface area (Å²) in [5.74, 6) is -1.19. The molecule has 704 valence electrons. The number of alkyl halides is 3. The topological polar surface area (TPSA) is 327 Å². The summed E-state index contributed by atoms with van der Waals surface area (Å²) in [6.45, 7) is 17.3. The molecule has 6 fully saturated rings. The van der Waals surface area contributed by atoms with Crippen molar-refractivity contribution < 1.29 is 83.7 Å². The number of rotatable bonds is 20. The molecule has 0 atom stereocenters. The van der Waals surface area contributed by atoms with Crippen LogP contribution >= 0.6 is 11.3 Å². The number of carbonyl (C=O) groups excluding carboxylic acids is 8. The molecule has 6 aliphatic rings. The fraction of sp³-hybridized carbons (Fsp3) is 0.394. The number of ether oxygens (including phenoxy) is 4. The van der Waals surface area contributed by atoms with Gasteiger partial charge in [-0.25, -0.2) is 19.2 Å². The van der Waals surface area contributed by atoms with Crippen LogP contribution in [0.15, 0.2) is 191 Å². The van der Waals surface area contributed by atoms with Crippen molar-refractivity contribution in [1.82, 2.24) is 37.9 Å². The molecule has 0 N–H and O–H groups in total. The number of nitrogens with zero attached hydrogens (tertiary/aromatic N) is 12. The molecular formula is C99H107F3N12O19S. The van der Waals surface area contributed by atoms with Crippen LogP contribution < -0.4 is 41.8 Å². The Bertz CT molecular complexity index is 6610. The van der Waals surface area contributed by atoms with Crippen molar-refractivity contribution in [3.8, 4) is 0 Å². The zero-order valence-corrected chi connectivity index (χ0v) is 76.7. The number of amides is 4. The zero-order valence-electron chi connectivity index (χ0n) is 75.8. The lowest BCUT2D eigenvalue weighted by Crippen LogP contribution is -2.49. The molecule has 2 saturated carbocycles. The lowest BCUT2D eigenvalue weighted by atomic mass is 9.89. The van der Waals surface area contributed by atoms with Gasteiger partial charge >= 0.3 is 30.1 Å². The van der Waals surface area contributed by atoms with E-state index in [2.05, 4.69) is 0 Å². The van der Waals surface area contributed by atoms with Gasteiger partial charge < -0.3 is 89.7 Å². The average molecular weight is 1860 g/mol. The number of carbonyl (C=O) groups is 8. The maximum absolute atomic E-state index is 13.9. The van der Waals surface area contributed by atoms with Gasteiger partial charge in [0.05, 0.1) is 94.2 Å². The molecule has 4 aromatic carbocycles. The predicted molar refractivity (Wildman–Crippen MR) is 501 cm³/mol. The summed E-state index contributed by atoms with van der Waals surface area (Å²) in [4.78, 5) is 170. The molecule has 8 aromatic heterocycles. The molecule has 4 aliphatic heterocycles. The molecule has 12 heterocycles. The second-order valence-electron chi connectivity index (χ2n) is 33.5. The van der Waals surface area contributed by atoms with E-state index in [-0.39, 0.29) is 101 Å². The third-order valence-corrected chi connectivity index (χ3v) is 26.3. The SMILES string of the molecule is CCOC(=O)c1c(N2CCN(C(=O)c3ccc(C(F)(F)F)s3)CC2)c2ccccc2n(C)c1=O.CCOC(=O)c1c(N2CCN(C(=O)c3ccco3)CC2)c2ccccc2n(CC2CC2)c1=O.CCOC(=O)c1c(N2CCN(C(=O)c3ccco3)CC2)c2ccccc2n(CC2CCCCC2)c1=O.CCOC(=O)c1c(N2CCN(C(=O)c3coc(C)c3)CC2)c2ccccc2n(C)c1=O. The summed E-state index contributed by atoms with van der Waals surface area (Å²) in [6.07, 6.45) is 7.96. The van der Waals surface area contributed by atoms with Gasteiger partial charge in [0.15, 0.2) is 11.5 Å².